The number of imidazole rings is 1. The van der Waals surface area contributed by atoms with Gasteiger partial charge in [0.15, 0.2) is 17.3 Å². The molecular formula is C15H14N6O. The zero-order valence-electron chi connectivity index (χ0n) is 11.7. The summed E-state index contributed by atoms with van der Waals surface area (Å²) < 4.78 is 0. The molecule has 3 aromatic rings. The fraction of sp³-hybridized carbons (Fsp3) is 0.200. The number of hydrogen-bond acceptors (Lipinski definition) is 5. The van der Waals surface area contributed by atoms with Crippen LogP contribution in [0.25, 0.3) is 22.6 Å². The summed E-state index contributed by atoms with van der Waals surface area (Å²) in [5.74, 6) is 0.802. The second-order valence-electron chi connectivity index (χ2n) is 5.36. The lowest BCUT2D eigenvalue weighted by molar-refractivity contribution is 0.0951. The van der Waals surface area contributed by atoms with Crippen LogP contribution in [0.5, 0.6) is 0 Å². The van der Waals surface area contributed by atoms with Crippen LogP contribution in [0.15, 0.2) is 30.6 Å². The molecule has 0 aliphatic heterocycles. The molecule has 1 aliphatic rings. The van der Waals surface area contributed by atoms with E-state index in [2.05, 4.69) is 25.3 Å². The molecule has 1 aromatic carbocycles. The van der Waals surface area contributed by atoms with Gasteiger partial charge in [-0.2, -0.15) is 0 Å². The van der Waals surface area contributed by atoms with Crippen LogP contribution in [0.1, 0.15) is 23.2 Å². The number of carbonyl (C=O) groups excluding carboxylic acids is 1. The zero-order valence-corrected chi connectivity index (χ0v) is 11.7. The lowest BCUT2D eigenvalue weighted by Gasteiger charge is -2.05. The fourth-order valence-corrected chi connectivity index (χ4v) is 2.25. The van der Waals surface area contributed by atoms with Gasteiger partial charge in [-0.25, -0.2) is 15.0 Å². The van der Waals surface area contributed by atoms with Gasteiger partial charge < -0.3 is 16.0 Å². The maximum atomic E-state index is 12.0. The number of fused-ring (bicyclic) bond motifs is 1. The van der Waals surface area contributed by atoms with Crippen molar-refractivity contribution in [2.75, 3.05) is 5.73 Å². The van der Waals surface area contributed by atoms with Gasteiger partial charge in [0.1, 0.15) is 5.52 Å². The van der Waals surface area contributed by atoms with Crippen molar-refractivity contribution < 1.29 is 4.79 Å². The van der Waals surface area contributed by atoms with E-state index in [1.54, 1.807) is 12.1 Å². The Balaban J connectivity index is 1.64. The van der Waals surface area contributed by atoms with Crippen molar-refractivity contribution in [2.24, 2.45) is 0 Å². The molecule has 110 valence electrons. The average Bonchev–Trinajstić information content (AvgIpc) is 3.21. The molecule has 7 heteroatoms. The monoisotopic (exact) mass is 294 g/mol. The highest BCUT2D eigenvalue weighted by Crippen LogP contribution is 2.22. The molecule has 0 atom stereocenters. The minimum atomic E-state index is -0.0442. The molecule has 1 aliphatic carbocycles. The minimum absolute atomic E-state index is 0.0442. The summed E-state index contributed by atoms with van der Waals surface area (Å²) in [5, 5.41) is 2.95. The number of hydrogen-bond donors (Lipinski definition) is 3. The van der Waals surface area contributed by atoms with Crippen molar-refractivity contribution in [1.29, 1.82) is 0 Å². The summed E-state index contributed by atoms with van der Waals surface area (Å²) in [6, 6.07) is 7.50. The highest BCUT2D eigenvalue weighted by atomic mass is 16.1. The van der Waals surface area contributed by atoms with Gasteiger partial charge in [-0.3, -0.25) is 4.79 Å². The van der Waals surface area contributed by atoms with Crippen molar-refractivity contribution in [2.45, 2.75) is 18.9 Å². The number of nitrogens with two attached hydrogens (primary N) is 1. The Morgan fingerprint density at radius 1 is 1.23 bits per heavy atom. The number of amides is 1. The van der Waals surface area contributed by atoms with Crippen molar-refractivity contribution >= 4 is 22.9 Å². The van der Waals surface area contributed by atoms with E-state index in [0.717, 1.165) is 18.4 Å². The smallest absolute Gasteiger partial charge is 0.251 e. The van der Waals surface area contributed by atoms with Crippen LogP contribution in [-0.4, -0.2) is 31.9 Å². The quantitative estimate of drug-likeness (QED) is 0.678. The predicted octanol–water partition coefficient (Wildman–Crippen LogP) is 1.49. The third kappa shape index (κ3) is 2.26. The largest absolute Gasteiger partial charge is 0.382 e. The Kier molecular flexibility index (Phi) is 2.78. The summed E-state index contributed by atoms with van der Waals surface area (Å²) >= 11 is 0. The topological polar surface area (TPSA) is 110 Å². The summed E-state index contributed by atoms with van der Waals surface area (Å²) in [7, 11) is 0. The predicted molar refractivity (Wildman–Crippen MR) is 82.0 cm³/mol. The number of carbonyl (C=O) groups is 1. The molecular weight excluding hydrogens is 280 g/mol. The van der Waals surface area contributed by atoms with Crippen LogP contribution in [0, 0.1) is 0 Å². The van der Waals surface area contributed by atoms with Crippen LogP contribution in [0.2, 0.25) is 0 Å². The van der Waals surface area contributed by atoms with Gasteiger partial charge in [0, 0.05) is 17.2 Å². The summed E-state index contributed by atoms with van der Waals surface area (Å²) in [5.41, 5.74) is 8.47. The number of anilines is 1. The Hall–Kier alpha value is -2.96. The van der Waals surface area contributed by atoms with Crippen LogP contribution in [0.3, 0.4) is 0 Å². The number of rotatable bonds is 3. The molecule has 1 amide bonds. The fourth-order valence-electron chi connectivity index (χ4n) is 2.25. The summed E-state index contributed by atoms with van der Waals surface area (Å²) in [4.78, 5) is 27.6. The molecule has 0 bridgehead atoms. The van der Waals surface area contributed by atoms with Crippen LogP contribution < -0.4 is 11.1 Å². The van der Waals surface area contributed by atoms with E-state index in [1.165, 1.54) is 6.33 Å². The Morgan fingerprint density at radius 3 is 2.73 bits per heavy atom. The van der Waals surface area contributed by atoms with E-state index in [1.807, 2.05) is 12.1 Å². The maximum Gasteiger partial charge on any atom is 0.251 e. The molecule has 4 N–H and O–H groups in total. The van der Waals surface area contributed by atoms with E-state index in [-0.39, 0.29) is 5.91 Å². The first-order valence-electron chi connectivity index (χ1n) is 7.08. The number of nitrogens with zero attached hydrogens (tertiary/aromatic N) is 3. The molecule has 22 heavy (non-hydrogen) atoms. The molecule has 2 aromatic heterocycles. The number of H-pyrrole nitrogens is 1. The molecule has 0 spiro atoms. The van der Waals surface area contributed by atoms with Crippen molar-refractivity contribution in [3.8, 4) is 11.4 Å². The molecule has 1 saturated carbocycles. The molecule has 4 rings (SSSR count). The van der Waals surface area contributed by atoms with Crippen molar-refractivity contribution in [1.82, 2.24) is 25.3 Å². The van der Waals surface area contributed by atoms with Crippen molar-refractivity contribution in [3.05, 3.63) is 36.2 Å². The van der Waals surface area contributed by atoms with Gasteiger partial charge >= 0.3 is 0 Å². The summed E-state index contributed by atoms with van der Waals surface area (Å²) in [6.07, 6.45) is 3.67. The standard InChI is InChI=1S/C15H14N6O/c16-12-11-14(18-7-17-11)21-13(20-12)8-1-3-9(4-2-8)15(22)19-10-5-6-10/h1-4,7,10H,5-6H2,(H,19,22)(H3,16,17,18,20,21). The van der Waals surface area contributed by atoms with Gasteiger partial charge in [-0.1, -0.05) is 12.1 Å². The van der Waals surface area contributed by atoms with Gasteiger partial charge in [0.2, 0.25) is 0 Å². The number of aromatic amines is 1. The highest BCUT2D eigenvalue weighted by molar-refractivity contribution is 5.95. The van der Waals surface area contributed by atoms with E-state index in [0.29, 0.717) is 34.4 Å². The highest BCUT2D eigenvalue weighted by Gasteiger charge is 2.23. The van der Waals surface area contributed by atoms with Crippen LogP contribution in [-0.2, 0) is 0 Å². The molecule has 7 nitrogen and oxygen atoms in total. The number of nitrogens with one attached hydrogen (secondary N) is 2. The molecule has 0 unspecified atom stereocenters. The first kappa shape index (κ1) is 12.8. The molecule has 0 saturated heterocycles. The third-order valence-corrected chi connectivity index (χ3v) is 3.63. The van der Waals surface area contributed by atoms with Gasteiger partial charge in [0.25, 0.3) is 5.91 Å². The van der Waals surface area contributed by atoms with Gasteiger partial charge in [-0.15, -0.1) is 0 Å². The molecule has 0 radical (unpaired) electrons. The Labute approximate surface area is 126 Å². The Morgan fingerprint density at radius 2 is 2.00 bits per heavy atom. The van der Waals surface area contributed by atoms with E-state index < -0.39 is 0 Å². The zero-order chi connectivity index (χ0) is 15.1. The number of aromatic nitrogens is 4. The normalized spacial score (nSPS) is 14.2. The SMILES string of the molecule is Nc1nc(-c2ccc(C(=O)NC3CC3)cc2)nc2nc[nH]c12. The number of nitrogen functional groups attached to an aromatic ring is 1. The maximum absolute atomic E-state index is 12.0. The average molecular weight is 294 g/mol. The van der Waals surface area contributed by atoms with E-state index in [4.69, 9.17) is 5.73 Å². The second kappa shape index (κ2) is 4.80. The second-order valence-corrected chi connectivity index (χ2v) is 5.36. The third-order valence-electron chi connectivity index (χ3n) is 3.63. The van der Waals surface area contributed by atoms with E-state index >= 15 is 0 Å². The van der Waals surface area contributed by atoms with Crippen molar-refractivity contribution in [3.63, 3.8) is 0 Å². The van der Waals surface area contributed by atoms with Gasteiger partial charge in [0.05, 0.1) is 6.33 Å². The number of benzene rings is 1. The van der Waals surface area contributed by atoms with E-state index in [9.17, 15) is 4.79 Å². The molecule has 2 heterocycles. The van der Waals surface area contributed by atoms with Gasteiger partial charge in [-0.05, 0) is 25.0 Å². The van der Waals surface area contributed by atoms with Crippen LogP contribution in [0.4, 0.5) is 5.82 Å². The van der Waals surface area contributed by atoms with Crippen LogP contribution >= 0.6 is 0 Å². The first-order chi connectivity index (χ1) is 10.7. The minimum Gasteiger partial charge on any atom is -0.382 e. The lowest BCUT2D eigenvalue weighted by atomic mass is 10.1. The Bertz CT molecular complexity index is 850. The summed E-state index contributed by atoms with van der Waals surface area (Å²) in [6.45, 7) is 0. The lowest BCUT2D eigenvalue weighted by Crippen LogP contribution is -2.25. The first-order valence-corrected chi connectivity index (χ1v) is 7.08. The molecule has 1 fully saturated rings.